The second-order valence-corrected chi connectivity index (χ2v) is 6.33. The number of benzene rings is 1. The van der Waals surface area contributed by atoms with E-state index in [-0.39, 0.29) is 11.9 Å². The fraction of sp³-hybridized carbons (Fsp3) is 0.533. The maximum Gasteiger partial charge on any atom is 0.241 e. The summed E-state index contributed by atoms with van der Waals surface area (Å²) in [7, 11) is 0. The Kier molecular flexibility index (Phi) is 4.99. The van der Waals surface area contributed by atoms with Gasteiger partial charge in [0.1, 0.15) is 0 Å². The molecule has 0 saturated carbocycles. The SMILES string of the molecule is C[C@@H]1CCCN([C@@H](C)C(=O)Nc2ccc(Br)cc2)C1. The first-order valence-corrected chi connectivity index (χ1v) is 7.66. The third-order valence-corrected chi connectivity index (χ3v) is 4.26. The average molecular weight is 325 g/mol. The van der Waals surface area contributed by atoms with Gasteiger partial charge in [0.2, 0.25) is 5.91 Å². The molecule has 4 heteroatoms. The molecule has 1 aromatic carbocycles. The lowest BCUT2D eigenvalue weighted by molar-refractivity contribution is -0.121. The van der Waals surface area contributed by atoms with E-state index in [1.54, 1.807) is 0 Å². The monoisotopic (exact) mass is 324 g/mol. The minimum Gasteiger partial charge on any atom is -0.325 e. The lowest BCUT2D eigenvalue weighted by Gasteiger charge is -2.34. The van der Waals surface area contributed by atoms with Gasteiger partial charge in [0.15, 0.2) is 0 Å². The number of carbonyl (C=O) groups is 1. The summed E-state index contributed by atoms with van der Waals surface area (Å²) in [6.07, 6.45) is 2.47. The summed E-state index contributed by atoms with van der Waals surface area (Å²) in [5, 5.41) is 2.98. The van der Waals surface area contributed by atoms with Crippen molar-refractivity contribution in [1.29, 1.82) is 0 Å². The number of amides is 1. The van der Waals surface area contributed by atoms with E-state index in [4.69, 9.17) is 0 Å². The van der Waals surface area contributed by atoms with E-state index in [0.717, 1.165) is 23.2 Å². The standard InChI is InChI=1S/C15H21BrN2O/c1-11-4-3-9-18(10-11)12(2)15(19)17-14-7-5-13(16)6-8-14/h5-8,11-12H,3-4,9-10H2,1-2H3,(H,17,19)/t11-,12+/m1/s1. The van der Waals surface area contributed by atoms with Gasteiger partial charge in [-0.2, -0.15) is 0 Å². The van der Waals surface area contributed by atoms with Gasteiger partial charge >= 0.3 is 0 Å². The lowest BCUT2D eigenvalue weighted by Crippen LogP contribution is -2.46. The Hall–Kier alpha value is -0.870. The molecule has 0 radical (unpaired) electrons. The van der Waals surface area contributed by atoms with Crippen LogP contribution in [0.3, 0.4) is 0 Å². The van der Waals surface area contributed by atoms with Crippen LogP contribution in [0.15, 0.2) is 28.7 Å². The Balaban J connectivity index is 1.93. The van der Waals surface area contributed by atoms with Crippen LogP contribution in [0, 0.1) is 5.92 Å². The van der Waals surface area contributed by atoms with Crippen LogP contribution in [0.2, 0.25) is 0 Å². The second-order valence-electron chi connectivity index (χ2n) is 5.41. The highest BCUT2D eigenvalue weighted by molar-refractivity contribution is 9.10. The van der Waals surface area contributed by atoms with Crippen molar-refractivity contribution in [3.05, 3.63) is 28.7 Å². The first-order valence-electron chi connectivity index (χ1n) is 6.87. The van der Waals surface area contributed by atoms with Gasteiger partial charge in [0, 0.05) is 16.7 Å². The molecule has 1 amide bonds. The van der Waals surface area contributed by atoms with E-state index in [9.17, 15) is 4.79 Å². The minimum atomic E-state index is -0.0635. The topological polar surface area (TPSA) is 32.3 Å². The van der Waals surface area contributed by atoms with Crippen LogP contribution >= 0.6 is 15.9 Å². The first kappa shape index (κ1) is 14.5. The zero-order chi connectivity index (χ0) is 13.8. The molecule has 1 heterocycles. The van der Waals surface area contributed by atoms with Crippen molar-refractivity contribution >= 4 is 27.5 Å². The van der Waals surface area contributed by atoms with Crippen LogP contribution in [-0.4, -0.2) is 29.9 Å². The molecule has 2 rings (SSSR count). The molecule has 19 heavy (non-hydrogen) atoms. The number of nitrogens with zero attached hydrogens (tertiary/aromatic N) is 1. The van der Waals surface area contributed by atoms with E-state index in [2.05, 4.69) is 33.1 Å². The van der Waals surface area contributed by atoms with Crippen LogP contribution < -0.4 is 5.32 Å². The van der Waals surface area contributed by atoms with Crippen molar-refractivity contribution in [3.63, 3.8) is 0 Å². The first-order chi connectivity index (χ1) is 9.06. The maximum atomic E-state index is 12.2. The van der Waals surface area contributed by atoms with Crippen LogP contribution in [0.1, 0.15) is 26.7 Å². The molecule has 0 unspecified atom stereocenters. The number of hydrogen-bond donors (Lipinski definition) is 1. The second kappa shape index (κ2) is 6.53. The van der Waals surface area contributed by atoms with Gasteiger partial charge in [-0.1, -0.05) is 22.9 Å². The number of anilines is 1. The Morgan fingerprint density at radius 1 is 1.42 bits per heavy atom. The molecule has 0 aliphatic carbocycles. The molecule has 104 valence electrons. The molecular weight excluding hydrogens is 304 g/mol. The largest absolute Gasteiger partial charge is 0.325 e. The predicted octanol–water partition coefficient (Wildman–Crippen LogP) is 3.51. The number of rotatable bonds is 3. The third kappa shape index (κ3) is 4.05. The van der Waals surface area contributed by atoms with Gasteiger partial charge in [-0.05, 0) is 56.5 Å². The van der Waals surface area contributed by atoms with Crippen molar-refractivity contribution in [2.75, 3.05) is 18.4 Å². The molecule has 1 N–H and O–H groups in total. The summed E-state index contributed by atoms with van der Waals surface area (Å²) in [4.78, 5) is 14.5. The molecule has 3 nitrogen and oxygen atoms in total. The number of carbonyl (C=O) groups excluding carboxylic acids is 1. The van der Waals surface area contributed by atoms with Crippen molar-refractivity contribution in [1.82, 2.24) is 4.90 Å². The van der Waals surface area contributed by atoms with E-state index in [1.807, 2.05) is 31.2 Å². The highest BCUT2D eigenvalue weighted by Gasteiger charge is 2.25. The normalized spacial score (nSPS) is 21.9. The summed E-state index contributed by atoms with van der Waals surface area (Å²) < 4.78 is 1.02. The average Bonchev–Trinajstić information content (AvgIpc) is 2.40. The molecule has 2 atom stereocenters. The van der Waals surface area contributed by atoms with Crippen molar-refractivity contribution in [2.24, 2.45) is 5.92 Å². The van der Waals surface area contributed by atoms with Gasteiger partial charge < -0.3 is 5.32 Å². The van der Waals surface area contributed by atoms with Crippen LogP contribution in [-0.2, 0) is 4.79 Å². The number of hydrogen-bond acceptors (Lipinski definition) is 2. The smallest absolute Gasteiger partial charge is 0.241 e. The summed E-state index contributed by atoms with van der Waals surface area (Å²) in [6.45, 7) is 6.30. The Morgan fingerprint density at radius 3 is 2.74 bits per heavy atom. The molecule has 1 fully saturated rings. The quantitative estimate of drug-likeness (QED) is 0.922. The third-order valence-electron chi connectivity index (χ3n) is 3.73. The highest BCUT2D eigenvalue weighted by Crippen LogP contribution is 2.19. The van der Waals surface area contributed by atoms with E-state index in [1.165, 1.54) is 12.8 Å². The molecule has 1 saturated heterocycles. The van der Waals surface area contributed by atoms with Crippen LogP contribution in [0.25, 0.3) is 0 Å². The van der Waals surface area contributed by atoms with Crippen LogP contribution in [0.4, 0.5) is 5.69 Å². The predicted molar refractivity (Wildman–Crippen MR) is 82.2 cm³/mol. The summed E-state index contributed by atoms with van der Waals surface area (Å²) >= 11 is 3.39. The Bertz CT molecular complexity index is 432. The van der Waals surface area contributed by atoms with E-state index < -0.39 is 0 Å². The van der Waals surface area contributed by atoms with Crippen molar-refractivity contribution < 1.29 is 4.79 Å². The minimum absolute atomic E-state index is 0.0635. The summed E-state index contributed by atoms with van der Waals surface area (Å²) in [5.74, 6) is 0.771. The van der Waals surface area contributed by atoms with Crippen molar-refractivity contribution in [2.45, 2.75) is 32.7 Å². The zero-order valence-corrected chi connectivity index (χ0v) is 13.1. The number of likely N-dealkylation sites (tertiary alicyclic amines) is 1. The molecule has 0 bridgehead atoms. The van der Waals surface area contributed by atoms with Crippen molar-refractivity contribution in [3.8, 4) is 0 Å². The van der Waals surface area contributed by atoms with Gasteiger partial charge in [-0.3, -0.25) is 9.69 Å². The summed E-state index contributed by atoms with van der Waals surface area (Å²) in [6, 6.07) is 7.62. The Labute approximate surface area is 123 Å². The molecule has 0 aromatic heterocycles. The highest BCUT2D eigenvalue weighted by atomic mass is 79.9. The fourth-order valence-corrected chi connectivity index (χ4v) is 2.79. The van der Waals surface area contributed by atoms with Gasteiger partial charge in [0.05, 0.1) is 6.04 Å². The number of nitrogens with one attached hydrogen (secondary N) is 1. The molecule has 1 aliphatic heterocycles. The van der Waals surface area contributed by atoms with E-state index in [0.29, 0.717) is 5.92 Å². The Morgan fingerprint density at radius 2 is 2.11 bits per heavy atom. The number of halogens is 1. The molecule has 1 aromatic rings. The van der Waals surface area contributed by atoms with Gasteiger partial charge in [0.25, 0.3) is 0 Å². The maximum absolute atomic E-state index is 12.2. The fourth-order valence-electron chi connectivity index (χ4n) is 2.52. The molecule has 0 spiro atoms. The molecule has 1 aliphatic rings. The number of piperidine rings is 1. The molecular formula is C15H21BrN2O. The van der Waals surface area contributed by atoms with Crippen LogP contribution in [0.5, 0.6) is 0 Å². The summed E-state index contributed by atoms with van der Waals surface area (Å²) in [5.41, 5.74) is 0.852. The van der Waals surface area contributed by atoms with Gasteiger partial charge in [-0.25, -0.2) is 0 Å². The zero-order valence-electron chi connectivity index (χ0n) is 11.5. The lowest BCUT2D eigenvalue weighted by atomic mass is 9.99. The van der Waals surface area contributed by atoms with E-state index >= 15 is 0 Å². The van der Waals surface area contributed by atoms with Gasteiger partial charge in [-0.15, -0.1) is 0 Å².